The SMILES string of the molecule is CC(CNC(=O)N1CCCC1)C(=N)N. The van der Waals surface area contributed by atoms with Gasteiger partial charge in [-0.2, -0.15) is 0 Å². The van der Waals surface area contributed by atoms with Crippen molar-refractivity contribution in [2.45, 2.75) is 19.8 Å². The number of nitrogens with two attached hydrogens (primary N) is 1. The highest BCUT2D eigenvalue weighted by Gasteiger charge is 2.18. The van der Waals surface area contributed by atoms with Gasteiger partial charge in [-0.3, -0.25) is 5.41 Å². The number of hydrogen-bond acceptors (Lipinski definition) is 2. The molecule has 1 fully saturated rings. The topological polar surface area (TPSA) is 82.2 Å². The molecule has 1 aliphatic rings. The van der Waals surface area contributed by atoms with Gasteiger partial charge in [0, 0.05) is 25.6 Å². The van der Waals surface area contributed by atoms with Crippen molar-refractivity contribution in [2.75, 3.05) is 19.6 Å². The van der Waals surface area contributed by atoms with E-state index in [-0.39, 0.29) is 17.8 Å². The van der Waals surface area contributed by atoms with Crippen LogP contribution >= 0.6 is 0 Å². The van der Waals surface area contributed by atoms with Gasteiger partial charge in [0.05, 0.1) is 5.84 Å². The Bertz CT molecular complexity index is 223. The Hall–Kier alpha value is -1.26. The molecule has 0 aromatic carbocycles. The molecule has 0 spiro atoms. The zero-order chi connectivity index (χ0) is 10.6. The number of likely N-dealkylation sites (tertiary alicyclic amines) is 1. The van der Waals surface area contributed by atoms with Gasteiger partial charge in [-0.1, -0.05) is 6.92 Å². The molecule has 0 saturated carbocycles. The first kappa shape index (κ1) is 10.8. The second-order valence-electron chi connectivity index (χ2n) is 3.74. The predicted octanol–water partition coefficient (Wildman–Crippen LogP) is 0.364. The van der Waals surface area contributed by atoms with Crippen LogP contribution in [0.5, 0.6) is 0 Å². The number of urea groups is 1. The van der Waals surface area contributed by atoms with Crippen molar-refractivity contribution in [3.63, 3.8) is 0 Å². The lowest BCUT2D eigenvalue weighted by Gasteiger charge is -2.18. The number of amidine groups is 1. The number of rotatable bonds is 3. The van der Waals surface area contributed by atoms with Crippen LogP contribution in [0, 0.1) is 11.3 Å². The number of hydrogen-bond donors (Lipinski definition) is 3. The van der Waals surface area contributed by atoms with Gasteiger partial charge in [0.15, 0.2) is 0 Å². The van der Waals surface area contributed by atoms with Gasteiger partial charge in [-0.25, -0.2) is 4.79 Å². The average Bonchev–Trinajstić information content (AvgIpc) is 2.66. The molecule has 80 valence electrons. The maximum Gasteiger partial charge on any atom is 0.317 e. The fraction of sp³-hybridized carbons (Fsp3) is 0.778. The monoisotopic (exact) mass is 198 g/mol. The summed E-state index contributed by atoms with van der Waals surface area (Å²) in [6.07, 6.45) is 2.19. The van der Waals surface area contributed by atoms with Gasteiger partial charge in [0.25, 0.3) is 0 Å². The zero-order valence-electron chi connectivity index (χ0n) is 8.55. The fourth-order valence-corrected chi connectivity index (χ4v) is 1.38. The van der Waals surface area contributed by atoms with Crippen LogP contribution in [0.2, 0.25) is 0 Å². The Morgan fingerprint density at radius 3 is 2.64 bits per heavy atom. The Labute approximate surface area is 84.1 Å². The summed E-state index contributed by atoms with van der Waals surface area (Å²) in [5.74, 6) is 0.0354. The van der Waals surface area contributed by atoms with Gasteiger partial charge >= 0.3 is 6.03 Å². The molecule has 4 N–H and O–H groups in total. The van der Waals surface area contributed by atoms with Crippen LogP contribution in [-0.4, -0.2) is 36.4 Å². The summed E-state index contributed by atoms with van der Waals surface area (Å²) in [5, 5.41) is 9.94. The standard InChI is InChI=1S/C9H18N4O/c1-7(8(10)11)6-12-9(14)13-4-2-3-5-13/h7H,2-6H2,1H3,(H3,10,11)(H,12,14). The van der Waals surface area contributed by atoms with E-state index in [9.17, 15) is 4.79 Å². The van der Waals surface area contributed by atoms with E-state index in [4.69, 9.17) is 11.1 Å². The van der Waals surface area contributed by atoms with Crippen molar-refractivity contribution in [2.24, 2.45) is 11.7 Å². The third-order valence-electron chi connectivity index (χ3n) is 2.48. The van der Waals surface area contributed by atoms with Gasteiger partial charge in [0.1, 0.15) is 0 Å². The first-order valence-corrected chi connectivity index (χ1v) is 4.98. The highest BCUT2D eigenvalue weighted by atomic mass is 16.2. The highest BCUT2D eigenvalue weighted by Crippen LogP contribution is 2.06. The van der Waals surface area contributed by atoms with Crippen LogP contribution in [0.25, 0.3) is 0 Å². The lowest BCUT2D eigenvalue weighted by Crippen LogP contribution is -2.41. The summed E-state index contributed by atoms with van der Waals surface area (Å²) < 4.78 is 0. The summed E-state index contributed by atoms with van der Waals surface area (Å²) in [5.41, 5.74) is 5.29. The van der Waals surface area contributed by atoms with Gasteiger partial charge in [-0.15, -0.1) is 0 Å². The molecular weight excluding hydrogens is 180 g/mol. The molecule has 1 unspecified atom stereocenters. The molecular formula is C9H18N4O. The molecule has 1 atom stereocenters. The quantitative estimate of drug-likeness (QED) is 0.452. The van der Waals surface area contributed by atoms with E-state index in [0.717, 1.165) is 25.9 Å². The molecule has 0 aromatic rings. The smallest absolute Gasteiger partial charge is 0.317 e. The third-order valence-corrected chi connectivity index (χ3v) is 2.48. The number of nitrogens with zero attached hydrogens (tertiary/aromatic N) is 1. The van der Waals surface area contributed by atoms with E-state index in [2.05, 4.69) is 5.32 Å². The number of nitrogens with one attached hydrogen (secondary N) is 2. The van der Waals surface area contributed by atoms with E-state index < -0.39 is 0 Å². The Morgan fingerprint density at radius 2 is 2.14 bits per heavy atom. The molecule has 0 aromatic heterocycles. The minimum absolute atomic E-state index is 0.0319. The van der Waals surface area contributed by atoms with Crippen molar-refractivity contribution in [1.82, 2.24) is 10.2 Å². The number of amides is 2. The maximum absolute atomic E-state index is 11.5. The summed E-state index contributed by atoms with van der Waals surface area (Å²) in [6.45, 7) is 3.97. The molecule has 0 bridgehead atoms. The molecule has 1 aliphatic heterocycles. The van der Waals surface area contributed by atoms with E-state index in [1.807, 2.05) is 6.92 Å². The maximum atomic E-state index is 11.5. The van der Waals surface area contributed by atoms with E-state index in [1.54, 1.807) is 4.90 Å². The van der Waals surface area contributed by atoms with Gasteiger partial charge in [0.2, 0.25) is 0 Å². The molecule has 2 amide bonds. The second-order valence-corrected chi connectivity index (χ2v) is 3.74. The van der Waals surface area contributed by atoms with Crippen LogP contribution in [0.15, 0.2) is 0 Å². The van der Waals surface area contributed by atoms with Gasteiger partial charge in [-0.05, 0) is 12.8 Å². The fourth-order valence-electron chi connectivity index (χ4n) is 1.38. The summed E-state index contributed by atoms with van der Waals surface area (Å²) >= 11 is 0. The van der Waals surface area contributed by atoms with Crippen LogP contribution < -0.4 is 11.1 Å². The molecule has 1 saturated heterocycles. The second kappa shape index (κ2) is 4.83. The summed E-state index contributed by atoms with van der Waals surface area (Å²) in [6, 6.07) is -0.0319. The molecule has 5 heteroatoms. The van der Waals surface area contributed by atoms with Crippen LogP contribution in [0.4, 0.5) is 4.79 Å². The Kier molecular flexibility index (Phi) is 3.73. The lowest BCUT2D eigenvalue weighted by molar-refractivity contribution is 0.208. The van der Waals surface area contributed by atoms with Crippen molar-refractivity contribution >= 4 is 11.9 Å². The van der Waals surface area contributed by atoms with Gasteiger partial charge < -0.3 is 16.0 Å². The molecule has 1 heterocycles. The highest BCUT2D eigenvalue weighted by molar-refractivity contribution is 5.80. The average molecular weight is 198 g/mol. The van der Waals surface area contributed by atoms with E-state index in [0.29, 0.717) is 6.54 Å². The molecule has 1 rings (SSSR count). The molecule has 0 aliphatic carbocycles. The summed E-state index contributed by atoms with van der Waals surface area (Å²) in [7, 11) is 0. The van der Waals surface area contributed by atoms with Crippen molar-refractivity contribution in [1.29, 1.82) is 5.41 Å². The van der Waals surface area contributed by atoms with Crippen LogP contribution in [0.1, 0.15) is 19.8 Å². The Balaban J connectivity index is 2.23. The van der Waals surface area contributed by atoms with Crippen molar-refractivity contribution < 1.29 is 4.79 Å². The largest absolute Gasteiger partial charge is 0.387 e. The first-order chi connectivity index (χ1) is 6.61. The third kappa shape index (κ3) is 2.90. The van der Waals surface area contributed by atoms with E-state index >= 15 is 0 Å². The minimum Gasteiger partial charge on any atom is -0.387 e. The normalized spacial score (nSPS) is 17.9. The van der Waals surface area contributed by atoms with Crippen LogP contribution in [0.3, 0.4) is 0 Å². The molecule has 0 radical (unpaired) electrons. The van der Waals surface area contributed by atoms with Crippen molar-refractivity contribution in [3.05, 3.63) is 0 Å². The predicted molar refractivity (Wildman–Crippen MR) is 55.3 cm³/mol. The molecule has 14 heavy (non-hydrogen) atoms. The number of carbonyl (C=O) groups excluding carboxylic acids is 1. The Morgan fingerprint density at radius 1 is 1.57 bits per heavy atom. The first-order valence-electron chi connectivity index (χ1n) is 4.98. The van der Waals surface area contributed by atoms with Crippen LogP contribution in [-0.2, 0) is 0 Å². The van der Waals surface area contributed by atoms with E-state index in [1.165, 1.54) is 0 Å². The minimum atomic E-state index is -0.0819. The number of carbonyl (C=O) groups is 1. The zero-order valence-corrected chi connectivity index (χ0v) is 8.55. The molecule has 5 nitrogen and oxygen atoms in total. The lowest BCUT2D eigenvalue weighted by atomic mass is 10.1. The summed E-state index contributed by atoms with van der Waals surface area (Å²) in [4.78, 5) is 13.3. The van der Waals surface area contributed by atoms with Crippen molar-refractivity contribution in [3.8, 4) is 0 Å².